The highest BCUT2D eigenvalue weighted by Gasteiger charge is 2.46. The Bertz CT molecular complexity index is 3200. The molecular weight excluding hydrogens is 1070 g/mol. The minimum absolute atomic E-state index is 0.00651. The summed E-state index contributed by atoms with van der Waals surface area (Å²) in [5.74, 6) is -0.190. The Morgan fingerprint density at radius 1 is 0.867 bits per heavy atom. The molecule has 2 saturated heterocycles. The van der Waals surface area contributed by atoms with E-state index in [0.29, 0.717) is 74.4 Å². The lowest BCUT2D eigenvalue weighted by molar-refractivity contribution is -0.143. The van der Waals surface area contributed by atoms with Gasteiger partial charge in [0.15, 0.2) is 0 Å². The molecule has 3 unspecified atom stereocenters. The molecule has 0 saturated carbocycles. The Labute approximate surface area is 490 Å². The van der Waals surface area contributed by atoms with Gasteiger partial charge in [-0.2, -0.15) is 0 Å². The molecule has 0 bridgehead atoms. The van der Waals surface area contributed by atoms with Crippen LogP contribution in [0.1, 0.15) is 112 Å². The smallest absolute Gasteiger partial charge is 0.255 e. The monoisotopic (exact) mass is 1150 g/mol. The summed E-state index contributed by atoms with van der Waals surface area (Å²) >= 11 is 1.64. The van der Waals surface area contributed by atoms with Gasteiger partial charge in [-0.1, -0.05) is 56.3 Å². The van der Waals surface area contributed by atoms with Crippen LogP contribution in [0.15, 0.2) is 94.7 Å². The van der Waals surface area contributed by atoms with Crippen LogP contribution in [-0.2, 0) is 43.4 Å². The second kappa shape index (κ2) is 28.0. The largest absolute Gasteiger partial charge is 0.491 e. The third-order valence-electron chi connectivity index (χ3n) is 16.1. The number of nitrogens with one attached hydrogen (secondary N) is 3. The highest BCUT2D eigenvalue weighted by Crippen LogP contribution is 2.40. The van der Waals surface area contributed by atoms with Crippen molar-refractivity contribution in [2.45, 2.75) is 123 Å². The fraction of sp³-hybridized carbons (Fsp3) is 0.469. The van der Waals surface area contributed by atoms with E-state index in [1.165, 1.54) is 4.90 Å². The number of aliphatic imine (C=N–C) groups is 1. The zero-order chi connectivity index (χ0) is 58.7. The molecule has 4 aliphatic heterocycles. The molecule has 4 amide bonds. The lowest BCUT2D eigenvalue weighted by Gasteiger charge is -2.37. The van der Waals surface area contributed by atoms with Crippen molar-refractivity contribution >= 4 is 46.6 Å². The first-order valence-electron chi connectivity index (χ1n) is 29.0. The molecular formula is C64H79N7O11S. The summed E-state index contributed by atoms with van der Waals surface area (Å²) in [5, 5.41) is 17.0. The fourth-order valence-electron chi connectivity index (χ4n) is 11.7. The Morgan fingerprint density at radius 3 is 2.28 bits per heavy atom. The van der Waals surface area contributed by atoms with Crippen molar-refractivity contribution < 1.29 is 48.0 Å². The van der Waals surface area contributed by atoms with Crippen LogP contribution < -0.4 is 30.6 Å². The van der Waals surface area contributed by atoms with E-state index in [0.717, 1.165) is 69.7 Å². The van der Waals surface area contributed by atoms with Gasteiger partial charge in [-0.05, 0) is 129 Å². The standard InChI is InChI=1S/C64H79N7O11S/c1-8-69(49-19-21-78-22-20-49)55-31-48(30-53(42(55)6)60(73)66-35-54-40(4)29-41(5)68-61(54)74)44-15-17-51(18-16-44)81-27-25-79-23-24-80-26-28-82-57-32-45(59-43(7)67-38-83-59)13-14-46(57)34-65-62(75)56-33-50(72)37-70(56)64(77)58(39(2)3)71-36-47-11-9-10-12-52(47)63(71)76/h9-18,29-32,38-39,43,49-50,56,58-59,72H,8,19-28,33-37H2,1-7H3,(H,65,75)(H,66,73)(H,68,74)/t43?,50-,56+,58?,59?/m1/s1. The Hall–Kier alpha value is -7.03. The van der Waals surface area contributed by atoms with Crippen molar-refractivity contribution in [2.75, 3.05) is 70.8 Å². The Balaban J connectivity index is 0.751. The van der Waals surface area contributed by atoms with Crippen LogP contribution in [0.4, 0.5) is 5.69 Å². The molecule has 9 rings (SSSR count). The summed E-state index contributed by atoms with van der Waals surface area (Å²) in [7, 11) is 0. The number of carbonyl (C=O) groups is 4. The maximum absolute atomic E-state index is 14.3. The maximum Gasteiger partial charge on any atom is 0.255 e. The molecule has 4 aromatic carbocycles. The van der Waals surface area contributed by atoms with E-state index < -0.39 is 24.1 Å². The van der Waals surface area contributed by atoms with Gasteiger partial charge in [-0.25, -0.2) is 0 Å². The SMILES string of the molecule is CCN(c1cc(-c2ccc(OCCOCCOCCOc3cc(C4SC=NC4C)ccc3CNC(=O)[C@@H]3C[C@@H](O)CN3C(=O)C(C(C)C)N3Cc4ccccc4C3=O)cc2)cc(C(=O)NCc2c(C)cc(C)[nH]c2=O)c1C)C1CCOCC1. The Kier molecular flexibility index (Phi) is 20.5. The summed E-state index contributed by atoms with van der Waals surface area (Å²) in [6.07, 6.45) is 0.989. The van der Waals surface area contributed by atoms with Gasteiger partial charge in [-0.15, -0.1) is 11.8 Å². The van der Waals surface area contributed by atoms with Crippen molar-refractivity contribution in [3.05, 3.63) is 145 Å². The molecule has 5 atom stereocenters. The van der Waals surface area contributed by atoms with Crippen LogP contribution in [0, 0.1) is 26.7 Å². The number of β-amino-alcohol motifs (C(OH)–C–C–N with tert-alkyl or cyclic N) is 1. The molecule has 0 aliphatic carbocycles. The molecule has 2 fully saturated rings. The van der Waals surface area contributed by atoms with Gasteiger partial charge in [0.2, 0.25) is 11.8 Å². The van der Waals surface area contributed by atoms with Crippen LogP contribution in [0.5, 0.6) is 11.5 Å². The van der Waals surface area contributed by atoms with Crippen LogP contribution in [-0.4, -0.2) is 145 Å². The van der Waals surface area contributed by atoms with Crippen LogP contribution in [0.25, 0.3) is 11.1 Å². The average molecular weight is 1150 g/mol. The van der Waals surface area contributed by atoms with Crippen LogP contribution >= 0.6 is 11.8 Å². The molecule has 4 aliphatic rings. The van der Waals surface area contributed by atoms with Gasteiger partial charge in [-0.3, -0.25) is 29.0 Å². The number of ether oxygens (including phenoxy) is 5. The molecule has 0 spiro atoms. The van der Waals surface area contributed by atoms with Gasteiger partial charge >= 0.3 is 0 Å². The average Bonchev–Trinajstić information content (AvgIpc) is 3.33. The van der Waals surface area contributed by atoms with E-state index in [1.54, 1.807) is 22.7 Å². The molecule has 5 aromatic rings. The first kappa shape index (κ1) is 60.6. The number of carbonyl (C=O) groups excluding carboxylic acids is 4. The summed E-state index contributed by atoms with van der Waals surface area (Å²) < 4.78 is 29.8. The van der Waals surface area contributed by atoms with Crippen molar-refractivity contribution in [1.82, 2.24) is 25.4 Å². The number of thioether (sulfide) groups is 1. The highest BCUT2D eigenvalue weighted by molar-refractivity contribution is 8.12. The first-order valence-corrected chi connectivity index (χ1v) is 30.0. The Morgan fingerprint density at radius 2 is 1.59 bits per heavy atom. The third-order valence-corrected chi connectivity index (χ3v) is 17.3. The number of rotatable bonds is 25. The topological polar surface area (TPSA) is 214 Å². The molecule has 19 heteroatoms. The quantitative estimate of drug-likeness (QED) is 0.0411. The normalized spacial score (nSPS) is 19.1. The van der Waals surface area contributed by atoms with E-state index in [9.17, 15) is 29.1 Å². The number of aromatic amines is 1. The summed E-state index contributed by atoms with van der Waals surface area (Å²) in [4.78, 5) is 81.4. The van der Waals surface area contributed by atoms with Gasteiger partial charge in [0.25, 0.3) is 17.4 Å². The minimum Gasteiger partial charge on any atom is -0.491 e. The zero-order valence-electron chi connectivity index (χ0n) is 48.7. The van der Waals surface area contributed by atoms with Crippen molar-refractivity contribution in [3.8, 4) is 22.6 Å². The number of pyridine rings is 1. The van der Waals surface area contributed by atoms with Crippen molar-refractivity contribution in [3.63, 3.8) is 0 Å². The number of hydrogen-bond acceptors (Lipinski definition) is 14. The van der Waals surface area contributed by atoms with E-state index in [4.69, 9.17) is 23.7 Å². The summed E-state index contributed by atoms with van der Waals surface area (Å²) in [6, 6.07) is 25.7. The van der Waals surface area contributed by atoms with E-state index in [2.05, 4.69) is 45.4 Å². The van der Waals surface area contributed by atoms with E-state index >= 15 is 0 Å². The molecule has 0 radical (unpaired) electrons. The molecule has 83 heavy (non-hydrogen) atoms. The number of aliphatic hydroxyl groups is 1. The number of aryl methyl sites for hydroxylation is 2. The predicted octanol–water partition coefficient (Wildman–Crippen LogP) is 7.86. The summed E-state index contributed by atoms with van der Waals surface area (Å²) in [5.41, 5.74) is 11.2. The van der Waals surface area contributed by atoms with Crippen LogP contribution in [0.3, 0.4) is 0 Å². The van der Waals surface area contributed by atoms with E-state index in [-0.39, 0.29) is 85.8 Å². The third kappa shape index (κ3) is 14.5. The number of aliphatic hydroxyl groups excluding tert-OH is 1. The van der Waals surface area contributed by atoms with Gasteiger partial charge in [0.1, 0.15) is 36.8 Å². The van der Waals surface area contributed by atoms with Crippen molar-refractivity contribution in [2.24, 2.45) is 10.9 Å². The van der Waals surface area contributed by atoms with Gasteiger partial charge in [0.05, 0.1) is 49.4 Å². The minimum atomic E-state index is -0.919. The molecule has 5 heterocycles. The van der Waals surface area contributed by atoms with E-state index in [1.807, 2.05) is 113 Å². The molecule has 1 aromatic heterocycles. The number of aromatic nitrogens is 1. The number of H-pyrrole nitrogens is 1. The molecule has 4 N–H and O–H groups in total. The van der Waals surface area contributed by atoms with Crippen LogP contribution in [0.2, 0.25) is 0 Å². The number of amides is 4. The van der Waals surface area contributed by atoms with Gasteiger partial charge in [0, 0.05) is 92.0 Å². The van der Waals surface area contributed by atoms with Crippen molar-refractivity contribution in [1.29, 1.82) is 0 Å². The maximum atomic E-state index is 14.3. The second-order valence-electron chi connectivity index (χ2n) is 22.2. The number of hydrogen-bond donors (Lipinski definition) is 4. The predicted molar refractivity (Wildman–Crippen MR) is 321 cm³/mol. The summed E-state index contributed by atoms with van der Waals surface area (Å²) in [6.45, 7) is 18.2. The highest BCUT2D eigenvalue weighted by atomic mass is 32.2. The number of fused-ring (bicyclic) bond motifs is 1. The van der Waals surface area contributed by atoms with Gasteiger partial charge < -0.3 is 59.1 Å². The fourth-order valence-corrected chi connectivity index (χ4v) is 12.7. The molecule has 18 nitrogen and oxygen atoms in total. The lowest BCUT2D eigenvalue weighted by Crippen LogP contribution is -2.55. The zero-order valence-corrected chi connectivity index (χ0v) is 49.6. The number of likely N-dealkylation sites (tertiary alicyclic amines) is 1. The number of anilines is 1. The lowest BCUT2D eigenvalue weighted by atomic mass is 9.95. The number of nitrogens with zero attached hydrogens (tertiary/aromatic N) is 4. The first-order chi connectivity index (χ1) is 40.1. The second-order valence-corrected chi connectivity index (χ2v) is 23.2. The molecule has 442 valence electrons. The number of benzene rings is 4.